The zero-order chi connectivity index (χ0) is 14.3. The Labute approximate surface area is 120 Å². The summed E-state index contributed by atoms with van der Waals surface area (Å²) in [6.45, 7) is 7.73. The molecule has 0 bridgehead atoms. The molecule has 1 N–H and O–H groups in total. The van der Waals surface area contributed by atoms with E-state index < -0.39 is 0 Å². The number of hydrogen-bond acceptors (Lipinski definition) is 3. The van der Waals surface area contributed by atoms with Gasteiger partial charge in [0.1, 0.15) is 0 Å². The molecule has 106 valence electrons. The second kappa shape index (κ2) is 8.23. The number of nitrogens with one attached hydrogen (secondary N) is 1. The van der Waals surface area contributed by atoms with Gasteiger partial charge in [-0.2, -0.15) is 0 Å². The van der Waals surface area contributed by atoms with Gasteiger partial charge in [0.05, 0.1) is 5.75 Å². The van der Waals surface area contributed by atoms with Crippen molar-refractivity contribution in [2.24, 2.45) is 0 Å². The van der Waals surface area contributed by atoms with Gasteiger partial charge in [-0.15, -0.1) is 11.8 Å². The molecule has 4 heteroatoms. The van der Waals surface area contributed by atoms with Crippen molar-refractivity contribution in [3.8, 4) is 0 Å². The number of carbonyl (C=O) groups excluding carboxylic acids is 1. The van der Waals surface area contributed by atoms with Gasteiger partial charge in [0.15, 0.2) is 0 Å². The van der Waals surface area contributed by atoms with Crippen LogP contribution in [0, 0.1) is 0 Å². The van der Waals surface area contributed by atoms with Crippen molar-refractivity contribution in [3.05, 3.63) is 29.8 Å². The lowest BCUT2D eigenvalue weighted by Gasteiger charge is -2.18. The Kier molecular flexibility index (Phi) is 6.95. The van der Waals surface area contributed by atoms with E-state index in [1.807, 2.05) is 25.8 Å². The number of rotatable bonds is 7. The number of thioether (sulfide) groups is 1. The van der Waals surface area contributed by atoms with Gasteiger partial charge in [-0.05, 0) is 45.5 Å². The molecule has 1 unspecified atom stereocenters. The van der Waals surface area contributed by atoms with Crippen LogP contribution in [0.1, 0.15) is 32.4 Å². The molecule has 0 aromatic heterocycles. The van der Waals surface area contributed by atoms with Crippen LogP contribution in [0.25, 0.3) is 0 Å². The highest BCUT2D eigenvalue weighted by molar-refractivity contribution is 8.00. The quantitative estimate of drug-likeness (QED) is 0.779. The van der Waals surface area contributed by atoms with Crippen LogP contribution in [0.5, 0.6) is 0 Å². The molecule has 0 saturated heterocycles. The van der Waals surface area contributed by atoms with Crippen molar-refractivity contribution in [1.82, 2.24) is 10.2 Å². The van der Waals surface area contributed by atoms with Crippen molar-refractivity contribution in [2.75, 3.05) is 25.9 Å². The Bertz CT molecular complexity index is 388. The van der Waals surface area contributed by atoms with Gasteiger partial charge in [-0.25, -0.2) is 0 Å². The summed E-state index contributed by atoms with van der Waals surface area (Å²) in [6, 6.07) is 8.76. The van der Waals surface area contributed by atoms with E-state index in [9.17, 15) is 4.79 Å². The summed E-state index contributed by atoms with van der Waals surface area (Å²) >= 11 is 1.60. The SMILES string of the molecule is CCN(CC)C(=O)CSc1ccc(C(C)NC)cc1. The molecular formula is C15H24N2OS. The van der Waals surface area contributed by atoms with E-state index in [0.717, 1.165) is 18.0 Å². The third-order valence-electron chi connectivity index (χ3n) is 3.29. The fourth-order valence-corrected chi connectivity index (χ4v) is 2.63. The zero-order valence-corrected chi connectivity index (χ0v) is 13.1. The van der Waals surface area contributed by atoms with Crippen LogP contribution < -0.4 is 5.32 Å². The predicted molar refractivity (Wildman–Crippen MR) is 82.6 cm³/mol. The number of carbonyl (C=O) groups is 1. The molecule has 19 heavy (non-hydrogen) atoms. The van der Waals surface area contributed by atoms with Gasteiger partial charge in [-0.3, -0.25) is 4.79 Å². The molecule has 0 radical (unpaired) electrons. The van der Waals surface area contributed by atoms with Crippen LogP contribution in [-0.4, -0.2) is 36.7 Å². The summed E-state index contributed by atoms with van der Waals surface area (Å²) in [7, 11) is 1.95. The molecule has 0 fully saturated rings. The first-order valence-corrected chi connectivity index (χ1v) is 7.78. The number of hydrogen-bond donors (Lipinski definition) is 1. The Hall–Kier alpha value is -1.00. The predicted octanol–water partition coefficient (Wildman–Crippen LogP) is 2.93. The Morgan fingerprint density at radius 1 is 1.26 bits per heavy atom. The summed E-state index contributed by atoms with van der Waals surface area (Å²) < 4.78 is 0. The molecule has 0 aliphatic heterocycles. The van der Waals surface area contributed by atoms with Gasteiger partial charge in [-0.1, -0.05) is 12.1 Å². The summed E-state index contributed by atoms with van der Waals surface area (Å²) in [4.78, 5) is 14.9. The van der Waals surface area contributed by atoms with E-state index in [1.165, 1.54) is 5.56 Å². The van der Waals surface area contributed by atoms with Crippen molar-refractivity contribution in [2.45, 2.75) is 31.7 Å². The van der Waals surface area contributed by atoms with E-state index in [-0.39, 0.29) is 5.91 Å². The molecule has 0 aliphatic carbocycles. The lowest BCUT2D eigenvalue weighted by Crippen LogP contribution is -2.31. The van der Waals surface area contributed by atoms with E-state index in [1.54, 1.807) is 11.8 Å². The lowest BCUT2D eigenvalue weighted by atomic mass is 10.1. The summed E-state index contributed by atoms with van der Waals surface area (Å²) in [6.07, 6.45) is 0. The van der Waals surface area contributed by atoms with E-state index >= 15 is 0 Å². The molecule has 1 aromatic rings. The summed E-state index contributed by atoms with van der Waals surface area (Å²) in [5.74, 6) is 0.727. The summed E-state index contributed by atoms with van der Waals surface area (Å²) in [5.41, 5.74) is 1.27. The van der Waals surface area contributed by atoms with Crippen LogP contribution in [0.4, 0.5) is 0 Å². The maximum Gasteiger partial charge on any atom is 0.232 e. The highest BCUT2D eigenvalue weighted by Gasteiger charge is 2.10. The van der Waals surface area contributed by atoms with Gasteiger partial charge >= 0.3 is 0 Å². The second-order valence-corrected chi connectivity index (χ2v) is 5.48. The fraction of sp³-hybridized carbons (Fsp3) is 0.533. The highest BCUT2D eigenvalue weighted by atomic mass is 32.2. The number of benzene rings is 1. The molecule has 0 spiro atoms. The Morgan fingerprint density at radius 3 is 2.32 bits per heavy atom. The largest absolute Gasteiger partial charge is 0.343 e. The van der Waals surface area contributed by atoms with E-state index in [0.29, 0.717) is 11.8 Å². The maximum absolute atomic E-state index is 11.9. The van der Waals surface area contributed by atoms with Gasteiger partial charge < -0.3 is 10.2 Å². The average molecular weight is 280 g/mol. The minimum absolute atomic E-state index is 0.211. The monoisotopic (exact) mass is 280 g/mol. The first kappa shape index (κ1) is 16.1. The van der Waals surface area contributed by atoms with Gasteiger partial charge in [0.25, 0.3) is 0 Å². The Balaban J connectivity index is 2.52. The first-order chi connectivity index (χ1) is 9.12. The first-order valence-electron chi connectivity index (χ1n) is 6.80. The average Bonchev–Trinajstić information content (AvgIpc) is 2.46. The van der Waals surface area contributed by atoms with Crippen molar-refractivity contribution < 1.29 is 4.79 Å². The molecular weight excluding hydrogens is 256 g/mol. The van der Waals surface area contributed by atoms with Crippen LogP contribution >= 0.6 is 11.8 Å². The minimum atomic E-state index is 0.211. The molecule has 1 atom stereocenters. The number of amides is 1. The van der Waals surface area contributed by atoms with Crippen molar-refractivity contribution in [3.63, 3.8) is 0 Å². The third-order valence-corrected chi connectivity index (χ3v) is 4.29. The topological polar surface area (TPSA) is 32.3 Å². The number of nitrogens with zero attached hydrogens (tertiary/aromatic N) is 1. The highest BCUT2D eigenvalue weighted by Crippen LogP contribution is 2.21. The molecule has 3 nitrogen and oxygen atoms in total. The van der Waals surface area contributed by atoms with E-state index in [2.05, 4.69) is 36.5 Å². The van der Waals surface area contributed by atoms with Crippen LogP contribution in [0.3, 0.4) is 0 Å². The molecule has 0 saturated carbocycles. The van der Waals surface area contributed by atoms with Crippen molar-refractivity contribution in [1.29, 1.82) is 0 Å². The van der Waals surface area contributed by atoms with Gasteiger partial charge in [0.2, 0.25) is 5.91 Å². The Morgan fingerprint density at radius 2 is 1.84 bits per heavy atom. The minimum Gasteiger partial charge on any atom is -0.343 e. The van der Waals surface area contributed by atoms with Crippen molar-refractivity contribution >= 4 is 17.7 Å². The molecule has 1 aromatic carbocycles. The molecule has 0 aliphatic rings. The molecule has 0 heterocycles. The maximum atomic E-state index is 11.9. The fourth-order valence-electron chi connectivity index (χ4n) is 1.83. The summed E-state index contributed by atoms with van der Waals surface area (Å²) in [5, 5.41) is 3.21. The lowest BCUT2D eigenvalue weighted by molar-refractivity contribution is -0.127. The zero-order valence-electron chi connectivity index (χ0n) is 12.3. The van der Waals surface area contributed by atoms with Gasteiger partial charge in [0, 0.05) is 24.0 Å². The molecule has 1 amide bonds. The van der Waals surface area contributed by atoms with E-state index in [4.69, 9.17) is 0 Å². The molecule has 1 rings (SSSR count). The third kappa shape index (κ3) is 4.88. The normalized spacial score (nSPS) is 12.2. The smallest absolute Gasteiger partial charge is 0.232 e. The van der Waals surface area contributed by atoms with Crippen LogP contribution in [0.2, 0.25) is 0 Å². The van der Waals surface area contributed by atoms with Crippen LogP contribution in [0.15, 0.2) is 29.2 Å². The standard InChI is InChI=1S/C15H24N2OS/c1-5-17(6-2)15(18)11-19-14-9-7-13(8-10-14)12(3)16-4/h7-10,12,16H,5-6,11H2,1-4H3. The second-order valence-electron chi connectivity index (χ2n) is 4.43. The van der Waals surface area contributed by atoms with Crippen LogP contribution in [-0.2, 0) is 4.79 Å².